The zero-order valence-corrected chi connectivity index (χ0v) is 10.9. The van der Waals surface area contributed by atoms with E-state index >= 15 is 0 Å². The fourth-order valence-corrected chi connectivity index (χ4v) is 2.41. The predicted octanol–water partition coefficient (Wildman–Crippen LogP) is 3.06. The fraction of sp³-hybridized carbons (Fsp3) is 0.182. The van der Waals surface area contributed by atoms with Crippen molar-refractivity contribution in [3.05, 3.63) is 38.8 Å². The maximum absolute atomic E-state index is 11.9. The summed E-state index contributed by atoms with van der Waals surface area (Å²) in [4.78, 5) is 20.6. The molecule has 0 bridgehead atoms. The number of carbonyl (C=O) groups is 1. The highest BCUT2D eigenvalue weighted by molar-refractivity contribution is 7.12. The Hall–Kier alpha value is -1.46. The van der Waals surface area contributed by atoms with Gasteiger partial charge >= 0.3 is 0 Å². The highest BCUT2D eigenvalue weighted by atomic mass is 35.5. The molecular formula is C11H10ClN3OS. The van der Waals surface area contributed by atoms with Gasteiger partial charge in [-0.15, -0.1) is 11.3 Å². The van der Waals surface area contributed by atoms with Crippen LogP contribution in [0.25, 0.3) is 0 Å². The van der Waals surface area contributed by atoms with Crippen LogP contribution in [0, 0.1) is 13.8 Å². The van der Waals surface area contributed by atoms with Gasteiger partial charge in [0.15, 0.2) is 0 Å². The molecule has 0 radical (unpaired) electrons. The molecule has 0 atom stereocenters. The lowest BCUT2D eigenvalue weighted by molar-refractivity contribution is 0.102. The van der Waals surface area contributed by atoms with Gasteiger partial charge in [-0.2, -0.15) is 0 Å². The summed E-state index contributed by atoms with van der Waals surface area (Å²) in [7, 11) is 0. The summed E-state index contributed by atoms with van der Waals surface area (Å²) in [6.45, 7) is 3.68. The van der Waals surface area contributed by atoms with Crippen LogP contribution in [0.2, 0.25) is 5.15 Å². The van der Waals surface area contributed by atoms with E-state index in [1.165, 1.54) is 11.3 Å². The first-order valence-corrected chi connectivity index (χ1v) is 6.18. The molecule has 4 nitrogen and oxygen atoms in total. The van der Waals surface area contributed by atoms with Crippen LogP contribution < -0.4 is 5.32 Å². The average molecular weight is 268 g/mol. The summed E-state index contributed by atoms with van der Waals surface area (Å²) in [6.07, 6.45) is 0. The second-order valence-corrected chi connectivity index (χ2v) is 4.85. The Bertz CT molecular complexity index is 547. The van der Waals surface area contributed by atoms with Gasteiger partial charge in [-0.25, -0.2) is 9.97 Å². The molecule has 0 unspecified atom stereocenters. The van der Waals surface area contributed by atoms with Gasteiger partial charge in [0.2, 0.25) is 5.95 Å². The van der Waals surface area contributed by atoms with Crippen LogP contribution in [0.5, 0.6) is 0 Å². The molecule has 0 aliphatic heterocycles. The normalized spacial score (nSPS) is 10.3. The second kappa shape index (κ2) is 4.81. The lowest BCUT2D eigenvalue weighted by Crippen LogP contribution is -2.14. The third kappa shape index (κ3) is 2.81. The van der Waals surface area contributed by atoms with E-state index in [1.54, 1.807) is 13.0 Å². The smallest absolute Gasteiger partial charge is 0.268 e. The number of aryl methyl sites for hydroxylation is 2. The third-order valence-corrected chi connectivity index (χ3v) is 3.33. The van der Waals surface area contributed by atoms with Gasteiger partial charge in [0, 0.05) is 5.69 Å². The third-order valence-electron chi connectivity index (χ3n) is 2.12. The number of anilines is 1. The number of hydrogen-bond donors (Lipinski definition) is 1. The van der Waals surface area contributed by atoms with Crippen LogP contribution in [0.3, 0.4) is 0 Å². The van der Waals surface area contributed by atoms with Crippen LogP contribution in [0.15, 0.2) is 17.5 Å². The van der Waals surface area contributed by atoms with E-state index in [1.807, 2.05) is 18.4 Å². The summed E-state index contributed by atoms with van der Waals surface area (Å²) in [5.74, 6) is 0.0203. The van der Waals surface area contributed by atoms with Crippen molar-refractivity contribution >= 4 is 34.8 Å². The molecule has 2 aromatic rings. The van der Waals surface area contributed by atoms with Gasteiger partial charge < -0.3 is 0 Å². The molecule has 1 amide bonds. The number of amides is 1. The van der Waals surface area contributed by atoms with E-state index in [-0.39, 0.29) is 11.9 Å². The van der Waals surface area contributed by atoms with Crippen LogP contribution in [-0.2, 0) is 0 Å². The van der Waals surface area contributed by atoms with Crippen molar-refractivity contribution in [2.45, 2.75) is 13.8 Å². The van der Waals surface area contributed by atoms with Crippen molar-refractivity contribution in [1.29, 1.82) is 0 Å². The summed E-state index contributed by atoms with van der Waals surface area (Å²) in [6, 6.07) is 3.53. The van der Waals surface area contributed by atoms with Crippen molar-refractivity contribution in [2.24, 2.45) is 0 Å². The molecule has 0 aliphatic carbocycles. The van der Waals surface area contributed by atoms with Crippen molar-refractivity contribution in [1.82, 2.24) is 9.97 Å². The van der Waals surface area contributed by atoms with E-state index in [0.29, 0.717) is 15.7 Å². The molecule has 2 rings (SSSR count). The Balaban J connectivity index is 2.21. The van der Waals surface area contributed by atoms with Gasteiger partial charge in [0.05, 0.1) is 4.88 Å². The summed E-state index contributed by atoms with van der Waals surface area (Å²) >= 11 is 7.17. The second-order valence-electron chi connectivity index (χ2n) is 3.54. The summed E-state index contributed by atoms with van der Waals surface area (Å²) < 4.78 is 0. The molecule has 2 aromatic heterocycles. The summed E-state index contributed by atoms with van der Waals surface area (Å²) in [5, 5.41) is 4.82. The topological polar surface area (TPSA) is 54.9 Å². The Morgan fingerprint density at radius 2 is 2.18 bits per heavy atom. The maximum Gasteiger partial charge on any atom is 0.268 e. The molecule has 0 fully saturated rings. The molecule has 6 heteroatoms. The van der Waals surface area contributed by atoms with E-state index in [2.05, 4.69) is 15.3 Å². The van der Waals surface area contributed by atoms with E-state index in [0.717, 1.165) is 5.56 Å². The van der Waals surface area contributed by atoms with Gasteiger partial charge in [-0.05, 0) is 36.9 Å². The number of nitrogens with one attached hydrogen (secondary N) is 1. The number of hydrogen-bond acceptors (Lipinski definition) is 4. The highest BCUT2D eigenvalue weighted by Gasteiger charge is 2.12. The van der Waals surface area contributed by atoms with Crippen molar-refractivity contribution < 1.29 is 4.79 Å². The number of thiophene rings is 1. The molecule has 0 saturated carbocycles. The lowest BCUT2D eigenvalue weighted by atomic mass is 10.3. The van der Waals surface area contributed by atoms with Crippen molar-refractivity contribution in [3.63, 3.8) is 0 Å². The lowest BCUT2D eigenvalue weighted by Gasteiger charge is -2.04. The molecule has 0 aliphatic rings. The molecule has 2 heterocycles. The minimum Gasteiger partial charge on any atom is -0.290 e. The fourth-order valence-electron chi connectivity index (χ4n) is 1.35. The molecule has 1 N–H and O–H groups in total. The zero-order valence-electron chi connectivity index (χ0n) is 9.32. The van der Waals surface area contributed by atoms with Gasteiger partial charge in [0.25, 0.3) is 5.91 Å². The van der Waals surface area contributed by atoms with Crippen LogP contribution in [0.4, 0.5) is 5.95 Å². The van der Waals surface area contributed by atoms with Gasteiger partial charge in [-0.3, -0.25) is 10.1 Å². The number of aromatic nitrogens is 2. The molecule has 0 spiro atoms. The predicted molar refractivity (Wildman–Crippen MR) is 68.8 cm³/mol. The van der Waals surface area contributed by atoms with E-state index < -0.39 is 0 Å². The number of carbonyl (C=O) groups excluding carboxylic acids is 1. The summed E-state index contributed by atoms with van der Waals surface area (Å²) in [5.41, 5.74) is 1.65. The first kappa shape index (κ1) is 12.0. The van der Waals surface area contributed by atoms with Crippen LogP contribution >= 0.6 is 22.9 Å². The first-order valence-electron chi connectivity index (χ1n) is 4.93. The Morgan fingerprint density at radius 3 is 2.76 bits per heavy atom. The Morgan fingerprint density at radius 1 is 1.41 bits per heavy atom. The average Bonchev–Trinajstić information content (AvgIpc) is 2.62. The number of nitrogens with zero attached hydrogens (tertiary/aromatic N) is 2. The SMILES string of the molecule is Cc1cc(Cl)nc(NC(=O)c2sccc2C)n1. The van der Waals surface area contributed by atoms with E-state index in [9.17, 15) is 4.79 Å². The maximum atomic E-state index is 11.9. The van der Waals surface area contributed by atoms with Gasteiger partial charge in [-0.1, -0.05) is 11.6 Å². The van der Waals surface area contributed by atoms with Crippen molar-refractivity contribution in [2.75, 3.05) is 5.32 Å². The standard InChI is InChI=1S/C11H10ClN3OS/c1-6-3-4-17-9(6)10(16)15-11-13-7(2)5-8(12)14-11/h3-5H,1-2H3,(H,13,14,15,16). The molecule has 17 heavy (non-hydrogen) atoms. The Kier molecular flexibility index (Phi) is 3.40. The molecular weight excluding hydrogens is 258 g/mol. The molecule has 0 saturated heterocycles. The van der Waals surface area contributed by atoms with Crippen molar-refractivity contribution in [3.8, 4) is 0 Å². The zero-order chi connectivity index (χ0) is 12.4. The van der Waals surface area contributed by atoms with Gasteiger partial charge in [0.1, 0.15) is 5.15 Å². The highest BCUT2D eigenvalue weighted by Crippen LogP contribution is 2.17. The first-order chi connectivity index (χ1) is 8.06. The number of halogens is 1. The molecule has 88 valence electrons. The van der Waals surface area contributed by atoms with Crippen LogP contribution in [0.1, 0.15) is 20.9 Å². The minimum atomic E-state index is -0.209. The number of rotatable bonds is 2. The van der Waals surface area contributed by atoms with E-state index in [4.69, 9.17) is 11.6 Å². The van der Waals surface area contributed by atoms with Crippen LogP contribution in [-0.4, -0.2) is 15.9 Å². The minimum absolute atomic E-state index is 0.209. The quantitative estimate of drug-likeness (QED) is 0.851. The molecule has 0 aromatic carbocycles. The Labute approximate surface area is 108 Å². The largest absolute Gasteiger partial charge is 0.290 e. The monoisotopic (exact) mass is 267 g/mol.